The van der Waals surface area contributed by atoms with E-state index >= 15 is 0 Å². The largest absolute Gasteiger partial charge is 0.394 e. The van der Waals surface area contributed by atoms with Gasteiger partial charge in [0.25, 0.3) is 0 Å². The van der Waals surface area contributed by atoms with Crippen LogP contribution in [0.5, 0.6) is 0 Å². The first-order valence-corrected chi connectivity index (χ1v) is 13.4. The van der Waals surface area contributed by atoms with Crippen LogP contribution < -0.4 is 15.4 Å². The van der Waals surface area contributed by atoms with Crippen molar-refractivity contribution >= 4 is 43.4 Å². The summed E-state index contributed by atoms with van der Waals surface area (Å²) in [7, 11) is -3.68. The standard InChI is InChI=1S/C24H30BrN5O3S/c1-3-19(16-31)28-23-21(25)15-26-24(30-23)29-20-12-11-17(2)22(14-20)34(32,33)27-13-7-10-18-8-5-4-6-9-18/h4-6,8-9,11-12,14-15,19,27,31H,3,7,10,13,16H2,1-2H3,(H2,26,28,29,30)/t19-/m1/s1. The van der Waals surface area contributed by atoms with E-state index in [1.165, 1.54) is 5.56 Å². The number of aryl methyl sites for hydroxylation is 2. The molecule has 0 amide bonds. The van der Waals surface area contributed by atoms with Crippen LogP contribution in [-0.2, 0) is 16.4 Å². The number of sulfonamides is 1. The van der Waals surface area contributed by atoms with E-state index in [9.17, 15) is 13.5 Å². The molecule has 1 aromatic heterocycles. The lowest BCUT2D eigenvalue weighted by atomic mass is 10.1. The minimum Gasteiger partial charge on any atom is -0.394 e. The Hall–Kier alpha value is -2.53. The van der Waals surface area contributed by atoms with Crippen LogP contribution in [0.3, 0.4) is 0 Å². The third-order valence-electron chi connectivity index (χ3n) is 5.31. The van der Waals surface area contributed by atoms with Gasteiger partial charge in [0.15, 0.2) is 0 Å². The summed E-state index contributed by atoms with van der Waals surface area (Å²) in [5.74, 6) is 0.847. The number of benzene rings is 2. The normalized spacial score (nSPS) is 12.4. The quantitative estimate of drug-likeness (QED) is 0.248. The smallest absolute Gasteiger partial charge is 0.240 e. The van der Waals surface area contributed by atoms with Crippen molar-refractivity contribution in [1.29, 1.82) is 0 Å². The zero-order valence-corrected chi connectivity index (χ0v) is 21.7. The Morgan fingerprint density at radius 3 is 2.62 bits per heavy atom. The topological polar surface area (TPSA) is 116 Å². The maximum Gasteiger partial charge on any atom is 0.240 e. The molecule has 1 atom stereocenters. The molecular formula is C24H30BrN5O3S. The highest BCUT2D eigenvalue weighted by atomic mass is 79.9. The number of halogens is 1. The lowest BCUT2D eigenvalue weighted by Crippen LogP contribution is -2.26. The molecule has 0 saturated heterocycles. The lowest BCUT2D eigenvalue weighted by Gasteiger charge is -2.16. The van der Waals surface area contributed by atoms with Gasteiger partial charge in [-0.15, -0.1) is 0 Å². The molecule has 0 saturated carbocycles. The number of aromatic nitrogens is 2. The molecule has 2 aromatic carbocycles. The second-order valence-corrected chi connectivity index (χ2v) is 10.5. The fourth-order valence-corrected chi connectivity index (χ4v) is 4.96. The first-order chi connectivity index (χ1) is 16.3. The Balaban J connectivity index is 1.69. The molecule has 0 spiro atoms. The van der Waals surface area contributed by atoms with Crippen molar-refractivity contribution in [3.8, 4) is 0 Å². The summed E-state index contributed by atoms with van der Waals surface area (Å²) in [6.07, 6.45) is 3.83. The van der Waals surface area contributed by atoms with Crippen LogP contribution in [0.2, 0.25) is 0 Å². The Morgan fingerprint density at radius 1 is 1.15 bits per heavy atom. The second-order valence-electron chi connectivity index (χ2n) is 7.91. The highest BCUT2D eigenvalue weighted by molar-refractivity contribution is 9.10. The minimum absolute atomic E-state index is 0.0206. The number of aliphatic hydroxyl groups is 1. The average molecular weight is 549 g/mol. The molecular weight excluding hydrogens is 518 g/mol. The summed E-state index contributed by atoms with van der Waals surface area (Å²) in [5, 5.41) is 15.7. The van der Waals surface area contributed by atoms with Crippen LogP contribution in [0.25, 0.3) is 0 Å². The van der Waals surface area contributed by atoms with Gasteiger partial charge in [0.1, 0.15) is 5.82 Å². The van der Waals surface area contributed by atoms with Crippen LogP contribution in [0.15, 0.2) is 64.1 Å². The zero-order chi connectivity index (χ0) is 24.6. The van der Waals surface area contributed by atoms with E-state index in [4.69, 9.17) is 0 Å². The van der Waals surface area contributed by atoms with Crippen molar-refractivity contribution in [1.82, 2.24) is 14.7 Å². The minimum atomic E-state index is -3.68. The van der Waals surface area contributed by atoms with E-state index in [2.05, 4.69) is 41.3 Å². The molecule has 0 fully saturated rings. The molecule has 10 heteroatoms. The zero-order valence-electron chi connectivity index (χ0n) is 19.3. The maximum absolute atomic E-state index is 12.9. The van der Waals surface area contributed by atoms with E-state index in [-0.39, 0.29) is 17.5 Å². The van der Waals surface area contributed by atoms with Gasteiger partial charge in [-0.2, -0.15) is 4.98 Å². The van der Waals surface area contributed by atoms with Crippen LogP contribution >= 0.6 is 15.9 Å². The molecule has 0 unspecified atom stereocenters. The number of hydrogen-bond donors (Lipinski definition) is 4. The SMILES string of the molecule is CC[C@H](CO)Nc1nc(Nc2ccc(C)c(S(=O)(=O)NCCCc3ccccc3)c2)ncc1Br. The molecule has 8 nitrogen and oxygen atoms in total. The monoisotopic (exact) mass is 547 g/mol. The fourth-order valence-electron chi connectivity index (χ4n) is 3.32. The number of anilines is 3. The third kappa shape index (κ3) is 7.23. The van der Waals surface area contributed by atoms with E-state index in [1.807, 2.05) is 37.3 Å². The third-order valence-corrected chi connectivity index (χ3v) is 7.49. The fraction of sp³-hybridized carbons (Fsp3) is 0.333. The summed E-state index contributed by atoms with van der Waals surface area (Å²) < 4.78 is 29.3. The van der Waals surface area contributed by atoms with Crippen molar-refractivity contribution in [2.45, 2.75) is 44.0 Å². The molecule has 0 aliphatic carbocycles. The van der Waals surface area contributed by atoms with Crippen molar-refractivity contribution in [3.63, 3.8) is 0 Å². The molecule has 4 N–H and O–H groups in total. The Morgan fingerprint density at radius 2 is 1.91 bits per heavy atom. The summed E-state index contributed by atoms with van der Waals surface area (Å²) in [4.78, 5) is 8.92. The number of rotatable bonds is 12. The average Bonchev–Trinajstić information content (AvgIpc) is 2.84. The Labute approximate surface area is 209 Å². The summed E-state index contributed by atoms with van der Waals surface area (Å²) in [6, 6.07) is 15.0. The van der Waals surface area contributed by atoms with Gasteiger partial charge in [-0.05, 0) is 65.4 Å². The predicted octanol–water partition coefficient (Wildman–Crippen LogP) is 4.39. The Kier molecular flexibility index (Phi) is 9.40. The van der Waals surface area contributed by atoms with Crippen LogP contribution in [0.4, 0.5) is 17.5 Å². The van der Waals surface area contributed by atoms with E-state index < -0.39 is 10.0 Å². The molecule has 3 aromatic rings. The van der Waals surface area contributed by atoms with Crippen molar-refractivity contribution in [3.05, 3.63) is 70.3 Å². The number of nitrogens with one attached hydrogen (secondary N) is 3. The van der Waals surface area contributed by atoms with E-state index in [0.717, 1.165) is 12.8 Å². The summed E-state index contributed by atoms with van der Waals surface area (Å²) >= 11 is 3.41. The van der Waals surface area contributed by atoms with Gasteiger partial charge in [-0.3, -0.25) is 0 Å². The van der Waals surface area contributed by atoms with Crippen LogP contribution in [-0.4, -0.2) is 42.7 Å². The van der Waals surface area contributed by atoms with Crippen LogP contribution in [0, 0.1) is 6.92 Å². The maximum atomic E-state index is 12.9. The second kappa shape index (κ2) is 12.3. The van der Waals surface area contributed by atoms with Crippen molar-refractivity contribution < 1.29 is 13.5 Å². The first-order valence-electron chi connectivity index (χ1n) is 11.1. The van der Waals surface area contributed by atoms with Gasteiger partial charge >= 0.3 is 0 Å². The summed E-state index contributed by atoms with van der Waals surface area (Å²) in [5.41, 5.74) is 2.38. The molecule has 34 heavy (non-hydrogen) atoms. The van der Waals surface area contributed by atoms with Gasteiger partial charge in [0, 0.05) is 18.4 Å². The first kappa shape index (κ1) is 26.1. The molecule has 0 bridgehead atoms. The number of nitrogens with zero attached hydrogens (tertiary/aromatic N) is 2. The van der Waals surface area contributed by atoms with Gasteiger partial charge < -0.3 is 15.7 Å². The number of hydrogen-bond acceptors (Lipinski definition) is 7. The highest BCUT2D eigenvalue weighted by Gasteiger charge is 2.18. The Bertz CT molecular complexity index is 1190. The number of aliphatic hydroxyl groups excluding tert-OH is 1. The lowest BCUT2D eigenvalue weighted by molar-refractivity contribution is 0.271. The molecule has 0 aliphatic heterocycles. The van der Waals surface area contributed by atoms with Crippen molar-refractivity contribution in [2.75, 3.05) is 23.8 Å². The molecule has 182 valence electrons. The van der Waals surface area contributed by atoms with Crippen LogP contribution in [0.1, 0.15) is 30.9 Å². The molecule has 3 rings (SSSR count). The van der Waals surface area contributed by atoms with Gasteiger partial charge in [-0.25, -0.2) is 18.1 Å². The summed E-state index contributed by atoms with van der Waals surface area (Å²) in [6.45, 7) is 4.06. The van der Waals surface area contributed by atoms with Crippen molar-refractivity contribution in [2.24, 2.45) is 0 Å². The molecule has 1 heterocycles. The molecule has 0 aliphatic rings. The highest BCUT2D eigenvalue weighted by Crippen LogP contribution is 2.25. The predicted molar refractivity (Wildman–Crippen MR) is 139 cm³/mol. The molecule has 0 radical (unpaired) electrons. The van der Waals surface area contributed by atoms with Gasteiger partial charge in [0.05, 0.1) is 22.0 Å². The van der Waals surface area contributed by atoms with Gasteiger partial charge in [0.2, 0.25) is 16.0 Å². The van der Waals surface area contributed by atoms with E-state index in [1.54, 1.807) is 31.3 Å². The van der Waals surface area contributed by atoms with Gasteiger partial charge in [-0.1, -0.05) is 43.3 Å². The van der Waals surface area contributed by atoms with E-state index in [0.29, 0.717) is 40.5 Å².